The highest BCUT2D eigenvalue weighted by Gasteiger charge is 2.12. The van der Waals surface area contributed by atoms with Crippen molar-refractivity contribution in [2.45, 2.75) is 20.8 Å². The van der Waals surface area contributed by atoms with Gasteiger partial charge in [0.1, 0.15) is 0 Å². The summed E-state index contributed by atoms with van der Waals surface area (Å²) in [4.78, 5) is 11.6. The summed E-state index contributed by atoms with van der Waals surface area (Å²) in [7, 11) is 0. The monoisotopic (exact) mass is 240 g/mol. The lowest BCUT2D eigenvalue weighted by Crippen LogP contribution is -2.08. The second-order valence-corrected chi connectivity index (χ2v) is 4.36. The van der Waals surface area contributed by atoms with E-state index < -0.39 is 0 Å². The van der Waals surface area contributed by atoms with Crippen molar-refractivity contribution in [2.75, 3.05) is 0 Å². The third-order valence-electron chi connectivity index (χ3n) is 1.91. The van der Waals surface area contributed by atoms with Crippen molar-refractivity contribution in [3.63, 3.8) is 0 Å². The molecule has 0 aliphatic heterocycles. The highest BCUT2D eigenvalue weighted by molar-refractivity contribution is 9.10. The molecule has 2 heteroatoms. The lowest BCUT2D eigenvalue weighted by Gasteiger charge is -2.06. The number of halogens is 1. The molecule has 1 nitrogen and oxygen atoms in total. The summed E-state index contributed by atoms with van der Waals surface area (Å²) in [6.07, 6.45) is 0. The van der Waals surface area contributed by atoms with Gasteiger partial charge in [-0.05, 0) is 24.6 Å². The zero-order chi connectivity index (χ0) is 10.0. The molecule has 1 rings (SSSR count). The van der Waals surface area contributed by atoms with Gasteiger partial charge in [0, 0.05) is 16.0 Å². The van der Waals surface area contributed by atoms with Crippen molar-refractivity contribution < 1.29 is 4.79 Å². The summed E-state index contributed by atoms with van der Waals surface area (Å²) in [5.74, 6) is 0.242. The van der Waals surface area contributed by atoms with Gasteiger partial charge in [-0.3, -0.25) is 4.79 Å². The van der Waals surface area contributed by atoms with E-state index in [9.17, 15) is 4.79 Å². The lowest BCUT2D eigenvalue weighted by molar-refractivity contribution is 0.0938. The summed E-state index contributed by atoms with van der Waals surface area (Å²) in [6, 6.07) is 5.80. The van der Waals surface area contributed by atoms with Crippen molar-refractivity contribution >= 4 is 21.7 Å². The van der Waals surface area contributed by atoms with Crippen LogP contribution >= 0.6 is 15.9 Å². The maximum Gasteiger partial charge on any atom is 0.166 e. The van der Waals surface area contributed by atoms with Crippen LogP contribution in [0.1, 0.15) is 29.8 Å². The Morgan fingerprint density at radius 1 is 1.38 bits per heavy atom. The van der Waals surface area contributed by atoms with Gasteiger partial charge in [-0.15, -0.1) is 0 Å². The number of carbonyl (C=O) groups excluding carboxylic acids is 1. The molecule has 70 valence electrons. The zero-order valence-corrected chi connectivity index (χ0v) is 9.68. The van der Waals surface area contributed by atoms with Gasteiger partial charge in [0.15, 0.2) is 5.78 Å². The number of Topliss-reactive ketones (excluding diaryl/α,β-unsaturated/α-hetero) is 1. The number of rotatable bonds is 2. The number of hydrogen-bond acceptors (Lipinski definition) is 1. The normalized spacial score (nSPS) is 10.5. The summed E-state index contributed by atoms with van der Waals surface area (Å²) >= 11 is 3.40. The van der Waals surface area contributed by atoms with Crippen molar-refractivity contribution in [3.05, 3.63) is 33.8 Å². The van der Waals surface area contributed by atoms with Crippen LogP contribution in [-0.4, -0.2) is 5.78 Å². The molecule has 13 heavy (non-hydrogen) atoms. The number of ketones is 1. The smallest absolute Gasteiger partial charge is 0.166 e. The number of carbonyl (C=O) groups is 1. The molecule has 0 N–H and O–H groups in total. The molecule has 0 aromatic heterocycles. The average molecular weight is 241 g/mol. The van der Waals surface area contributed by atoms with Gasteiger partial charge in [0.2, 0.25) is 0 Å². The van der Waals surface area contributed by atoms with E-state index >= 15 is 0 Å². The van der Waals surface area contributed by atoms with Crippen LogP contribution < -0.4 is 0 Å². The van der Waals surface area contributed by atoms with Gasteiger partial charge in [-0.1, -0.05) is 35.8 Å². The maximum atomic E-state index is 11.6. The SMILES string of the molecule is Cc1ccc(C(=O)C(C)C)c(Br)c1. The Bertz CT molecular complexity index is 329. The molecule has 0 saturated heterocycles. The topological polar surface area (TPSA) is 17.1 Å². The second-order valence-electron chi connectivity index (χ2n) is 3.50. The zero-order valence-electron chi connectivity index (χ0n) is 8.10. The third-order valence-corrected chi connectivity index (χ3v) is 2.57. The molecule has 0 aliphatic rings. The van der Waals surface area contributed by atoms with Crippen LogP contribution in [-0.2, 0) is 0 Å². The molecule has 0 heterocycles. The minimum atomic E-state index is 0.0546. The van der Waals surface area contributed by atoms with Crippen LogP contribution in [0.15, 0.2) is 22.7 Å². The predicted octanol–water partition coefficient (Wildman–Crippen LogP) is 3.60. The van der Waals surface area contributed by atoms with E-state index in [1.54, 1.807) is 0 Å². The minimum Gasteiger partial charge on any atom is -0.294 e. The Labute approximate surface area is 87.3 Å². The Hall–Kier alpha value is -0.630. The molecule has 0 bridgehead atoms. The highest BCUT2D eigenvalue weighted by Crippen LogP contribution is 2.21. The summed E-state index contributed by atoms with van der Waals surface area (Å²) < 4.78 is 0.895. The first-order chi connectivity index (χ1) is 6.02. The van der Waals surface area contributed by atoms with E-state index in [0.717, 1.165) is 15.6 Å². The maximum absolute atomic E-state index is 11.6. The van der Waals surface area contributed by atoms with E-state index in [-0.39, 0.29) is 11.7 Å². The Balaban J connectivity index is 3.09. The highest BCUT2D eigenvalue weighted by atomic mass is 79.9. The van der Waals surface area contributed by atoms with Crippen molar-refractivity contribution in [1.82, 2.24) is 0 Å². The molecule has 0 atom stereocenters. The summed E-state index contributed by atoms with van der Waals surface area (Å²) in [5, 5.41) is 0. The van der Waals surface area contributed by atoms with E-state index in [4.69, 9.17) is 0 Å². The van der Waals surface area contributed by atoms with Crippen molar-refractivity contribution in [3.8, 4) is 0 Å². The number of aryl methyl sites for hydroxylation is 1. The van der Waals surface area contributed by atoms with Crippen LogP contribution in [0.3, 0.4) is 0 Å². The molecule has 0 radical (unpaired) electrons. The Morgan fingerprint density at radius 3 is 2.46 bits per heavy atom. The molecule has 0 saturated carbocycles. The van der Waals surface area contributed by atoms with Gasteiger partial charge in [0.25, 0.3) is 0 Å². The van der Waals surface area contributed by atoms with Crippen LogP contribution in [0.4, 0.5) is 0 Å². The van der Waals surface area contributed by atoms with Crippen molar-refractivity contribution in [1.29, 1.82) is 0 Å². The Morgan fingerprint density at radius 2 is 2.00 bits per heavy atom. The van der Waals surface area contributed by atoms with Crippen molar-refractivity contribution in [2.24, 2.45) is 5.92 Å². The van der Waals surface area contributed by atoms with E-state index in [2.05, 4.69) is 15.9 Å². The molecular weight excluding hydrogens is 228 g/mol. The van der Waals surface area contributed by atoms with Crippen LogP contribution in [0.5, 0.6) is 0 Å². The third kappa shape index (κ3) is 2.41. The predicted molar refractivity (Wildman–Crippen MR) is 58.0 cm³/mol. The number of benzene rings is 1. The lowest BCUT2D eigenvalue weighted by atomic mass is 10.0. The Kier molecular flexibility index (Phi) is 3.26. The molecule has 0 unspecified atom stereocenters. The molecule has 0 amide bonds. The average Bonchev–Trinajstić information content (AvgIpc) is 2.03. The van der Waals surface area contributed by atoms with E-state index in [0.29, 0.717) is 0 Å². The molecule has 1 aromatic rings. The molecule has 1 aromatic carbocycles. The summed E-state index contributed by atoms with van der Waals surface area (Å²) in [5.41, 5.74) is 1.94. The molecule has 0 fully saturated rings. The first-order valence-electron chi connectivity index (χ1n) is 4.32. The standard InChI is InChI=1S/C11H13BrO/c1-7(2)11(13)9-5-4-8(3)6-10(9)12/h4-7H,1-3H3. The second kappa shape index (κ2) is 4.05. The first-order valence-corrected chi connectivity index (χ1v) is 5.12. The largest absolute Gasteiger partial charge is 0.294 e. The number of hydrogen-bond donors (Lipinski definition) is 0. The first kappa shape index (κ1) is 10.5. The van der Waals surface area contributed by atoms with E-state index in [1.807, 2.05) is 39.0 Å². The quantitative estimate of drug-likeness (QED) is 0.723. The van der Waals surface area contributed by atoms with Gasteiger partial charge >= 0.3 is 0 Å². The fraction of sp³-hybridized carbons (Fsp3) is 0.364. The van der Waals surface area contributed by atoms with Gasteiger partial charge < -0.3 is 0 Å². The van der Waals surface area contributed by atoms with Crippen LogP contribution in [0.2, 0.25) is 0 Å². The van der Waals surface area contributed by atoms with Crippen LogP contribution in [0, 0.1) is 12.8 Å². The van der Waals surface area contributed by atoms with Crippen LogP contribution in [0.25, 0.3) is 0 Å². The van der Waals surface area contributed by atoms with Gasteiger partial charge in [0.05, 0.1) is 0 Å². The summed E-state index contributed by atoms with van der Waals surface area (Å²) in [6.45, 7) is 5.83. The van der Waals surface area contributed by atoms with Gasteiger partial charge in [-0.2, -0.15) is 0 Å². The van der Waals surface area contributed by atoms with E-state index in [1.165, 1.54) is 0 Å². The molecule has 0 aliphatic carbocycles. The molecular formula is C11H13BrO. The fourth-order valence-corrected chi connectivity index (χ4v) is 1.82. The molecule has 0 spiro atoms. The minimum absolute atomic E-state index is 0.0546. The van der Waals surface area contributed by atoms with Gasteiger partial charge in [-0.25, -0.2) is 0 Å². The fourth-order valence-electron chi connectivity index (χ4n) is 1.13.